The molecule has 0 radical (unpaired) electrons. The standard InChI is InChI=1S/C14H30N2/c1-8-13(10-15-14(5,6)7)16(9-2)11-12(3)4/h13,15H,3,8-11H2,1-2,4-7H3. The Labute approximate surface area is 102 Å². The van der Waals surface area contributed by atoms with E-state index in [0.29, 0.717) is 6.04 Å². The molecule has 0 spiro atoms. The van der Waals surface area contributed by atoms with Crippen molar-refractivity contribution in [3.8, 4) is 0 Å². The van der Waals surface area contributed by atoms with Crippen molar-refractivity contribution in [1.82, 2.24) is 10.2 Å². The first-order valence-corrected chi connectivity index (χ1v) is 6.43. The lowest BCUT2D eigenvalue weighted by atomic mass is 10.1. The van der Waals surface area contributed by atoms with Gasteiger partial charge in [-0.05, 0) is 40.7 Å². The summed E-state index contributed by atoms with van der Waals surface area (Å²) in [6.07, 6.45) is 1.18. The number of hydrogen-bond acceptors (Lipinski definition) is 2. The van der Waals surface area contributed by atoms with E-state index in [0.717, 1.165) is 19.6 Å². The minimum absolute atomic E-state index is 0.204. The molecular weight excluding hydrogens is 196 g/mol. The molecule has 0 amide bonds. The summed E-state index contributed by atoms with van der Waals surface area (Å²) in [4.78, 5) is 2.50. The summed E-state index contributed by atoms with van der Waals surface area (Å²) in [7, 11) is 0. The zero-order chi connectivity index (χ0) is 12.8. The van der Waals surface area contributed by atoms with Gasteiger partial charge in [0.15, 0.2) is 0 Å². The zero-order valence-electron chi connectivity index (χ0n) is 12.1. The fourth-order valence-electron chi connectivity index (χ4n) is 1.80. The number of nitrogens with one attached hydrogen (secondary N) is 1. The van der Waals surface area contributed by atoms with Gasteiger partial charge in [0, 0.05) is 24.7 Å². The quantitative estimate of drug-likeness (QED) is 0.671. The summed E-state index contributed by atoms with van der Waals surface area (Å²) in [5, 5.41) is 3.59. The van der Waals surface area contributed by atoms with Crippen LogP contribution in [0.25, 0.3) is 0 Å². The van der Waals surface area contributed by atoms with E-state index in [4.69, 9.17) is 0 Å². The van der Waals surface area contributed by atoms with Crippen molar-refractivity contribution < 1.29 is 0 Å². The Kier molecular flexibility index (Phi) is 6.93. The van der Waals surface area contributed by atoms with Crippen LogP contribution in [0.4, 0.5) is 0 Å². The van der Waals surface area contributed by atoms with E-state index in [9.17, 15) is 0 Å². The maximum absolute atomic E-state index is 4.01. The third kappa shape index (κ3) is 7.02. The molecule has 0 saturated heterocycles. The lowest BCUT2D eigenvalue weighted by molar-refractivity contribution is 0.200. The second-order valence-electron chi connectivity index (χ2n) is 5.71. The highest BCUT2D eigenvalue weighted by Gasteiger charge is 2.17. The van der Waals surface area contributed by atoms with Gasteiger partial charge < -0.3 is 5.32 Å². The number of hydrogen-bond donors (Lipinski definition) is 1. The number of likely N-dealkylation sites (N-methyl/N-ethyl adjacent to an activating group) is 1. The molecule has 0 saturated carbocycles. The molecular formula is C14H30N2. The molecule has 0 aliphatic rings. The fraction of sp³-hybridized carbons (Fsp3) is 0.857. The molecule has 2 nitrogen and oxygen atoms in total. The van der Waals surface area contributed by atoms with Crippen LogP contribution in [0, 0.1) is 0 Å². The first-order valence-electron chi connectivity index (χ1n) is 6.43. The summed E-state index contributed by atoms with van der Waals surface area (Å²) in [6, 6.07) is 0.612. The van der Waals surface area contributed by atoms with E-state index in [1.165, 1.54) is 12.0 Å². The highest BCUT2D eigenvalue weighted by molar-refractivity contribution is 4.93. The summed E-state index contributed by atoms with van der Waals surface area (Å²) in [6.45, 7) is 20.4. The van der Waals surface area contributed by atoms with E-state index in [1.54, 1.807) is 0 Å². The minimum Gasteiger partial charge on any atom is -0.311 e. The van der Waals surface area contributed by atoms with Gasteiger partial charge in [-0.15, -0.1) is 0 Å². The smallest absolute Gasteiger partial charge is 0.0221 e. The van der Waals surface area contributed by atoms with Crippen molar-refractivity contribution in [1.29, 1.82) is 0 Å². The normalized spacial score (nSPS) is 14.2. The Morgan fingerprint density at radius 3 is 2.19 bits per heavy atom. The molecule has 0 aliphatic heterocycles. The molecule has 1 N–H and O–H groups in total. The molecule has 0 fully saturated rings. The highest BCUT2D eigenvalue weighted by atomic mass is 15.2. The largest absolute Gasteiger partial charge is 0.311 e. The van der Waals surface area contributed by atoms with Crippen molar-refractivity contribution in [2.45, 2.75) is 59.5 Å². The average Bonchev–Trinajstić information content (AvgIpc) is 2.14. The van der Waals surface area contributed by atoms with Crippen LogP contribution < -0.4 is 5.32 Å². The Balaban J connectivity index is 4.27. The van der Waals surface area contributed by atoms with Gasteiger partial charge >= 0.3 is 0 Å². The third-order valence-corrected chi connectivity index (χ3v) is 2.73. The van der Waals surface area contributed by atoms with Crippen molar-refractivity contribution >= 4 is 0 Å². The van der Waals surface area contributed by atoms with Gasteiger partial charge in [0.25, 0.3) is 0 Å². The molecule has 0 aromatic carbocycles. The Morgan fingerprint density at radius 1 is 1.31 bits per heavy atom. The number of nitrogens with zero attached hydrogens (tertiary/aromatic N) is 1. The molecule has 0 bridgehead atoms. The van der Waals surface area contributed by atoms with Crippen LogP contribution in [0.5, 0.6) is 0 Å². The highest BCUT2D eigenvalue weighted by Crippen LogP contribution is 2.08. The second kappa shape index (κ2) is 7.08. The van der Waals surface area contributed by atoms with E-state index >= 15 is 0 Å². The molecule has 0 aromatic rings. The zero-order valence-corrected chi connectivity index (χ0v) is 12.1. The maximum Gasteiger partial charge on any atom is 0.0221 e. The third-order valence-electron chi connectivity index (χ3n) is 2.73. The molecule has 0 heterocycles. The van der Waals surface area contributed by atoms with Gasteiger partial charge in [0.1, 0.15) is 0 Å². The predicted molar refractivity (Wildman–Crippen MR) is 73.9 cm³/mol. The summed E-state index contributed by atoms with van der Waals surface area (Å²) in [5.74, 6) is 0. The van der Waals surface area contributed by atoms with Gasteiger partial charge in [-0.25, -0.2) is 0 Å². The van der Waals surface area contributed by atoms with Crippen molar-refractivity contribution in [3.05, 3.63) is 12.2 Å². The predicted octanol–water partition coefficient (Wildman–Crippen LogP) is 3.05. The monoisotopic (exact) mass is 226 g/mol. The van der Waals surface area contributed by atoms with E-state index < -0.39 is 0 Å². The van der Waals surface area contributed by atoms with Gasteiger partial charge in [0.2, 0.25) is 0 Å². The number of rotatable bonds is 7. The van der Waals surface area contributed by atoms with Crippen molar-refractivity contribution in [2.75, 3.05) is 19.6 Å². The Morgan fingerprint density at radius 2 is 1.88 bits per heavy atom. The second-order valence-corrected chi connectivity index (χ2v) is 5.71. The lowest BCUT2D eigenvalue weighted by Crippen LogP contribution is -2.47. The van der Waals surface area contributed by atoms with Crippen LogP contribution in [0.15, 0.2) is 12.2 Å². The van der Waals surface area contributed by atoms with Crippen LogP contribution in [0.2, 0.25) is 0 Å². The van der Waals surface area contributed by atoms with Crippen LogP contribution in [0.1, 0.15) is 48.0 Å². The van der Waals surface area contributed by atoms with E-state index in [2.05, 4.69) is 58.3 Å². The van der Waals surface area contributed by atoms with E-state index in [1.807, 2.05) is 0 Å². The van der Waals surface area contributed by atoms with Gasteiger partial charge in [-0.3, -0.25) is 4.90 Å². The van der Waals surface area contributed by atoms with Crippen LogP contribution in [0.3, 0.4) is 0 Å². The minimum atomic E-state index is 0.204. The SMILES string of the molecule is C=C(C)CN(CC)C(CC)CNC(C)(C)C. The lowest BCUT2D eigenvalue weighted by Gasteiger charge is -2.33. The molecule has 1 unspecified atom stereocenters. The molecule has 1 atom stereocenters. The maximum atomic E-state index is 4.01. The fourth-order valence-corrected chi connectivity index (χ4v) is 1.80. The van der Waals surface area contributed by atoms with Crippen LogP contribution >= 0.6 is 0 Å². The van der Waals surface area contributed by atoms with Gasteiger partial charge in [0.05, 0.1) is 0 Å². The molecule has 0 aromatic heterocycles. The van der Waals surface area contributed by atoms with Crippen molar-refractivity contribution in [2.24, 2.45) is 0 Å². The summed E-state index contributed by atoms with van der Waals surface area (Å²) >= 11 is 0. The summed E-state index contributed by atoms with van der Waals surface area (Å²) < 4.78 is 0. The summed E-state index contributed by atoms with van der Waals surface area (Å²) in [5.41, 5.74) is 1.45. The molecule has 0 rings (SSSR count). The molecule has 2 heteroatoms. The first-order chi connectivity index (χ1) is 7.30. The van der Waals surface area contributed by atoms with Crippen LogP contribution in [-0.4, -0.2) is 36.1 Å². The first kappa shape index (κ1) is 15.7. The van der Waals surface area contributed by atoms with Crippen LogP contribution in [-0.2, 0) is 0 Å². The molecule has 96 valence electrons. The van der Waals surface area contributed by atoms with Crippen molar-refractivity contribution in [3.63, 3.8) is 0 Å². The Bertz CT molecular complexity index is 203. The average molecular weight is 226 g/mol. The van der Waals surface area contributed by atoms with Gasteiger partial charge in [-0.1, -0.05) is 26.0 Å². The van der Waals surface area contributed by atoms with Gasteiger partial charge in [-0.2, -0.15) is 0 Å². The Hall–Kier alpha value is -0.340. The topological polar surface area (TPSA) is 15.3 Å². The van der Waals surface area contributed by atoms with E-state index in [-0.39, 0.29) is 5.54 Å². The molecule has 0 aliphatic carbocycles. The molecule has 16 heavy (non-hydrogen) atoms.